The van der Waals surface area contributed by atoms with Gasteiger partial charge in [0.15, 0.2) is 0 Å². The van der Waals surface area contributed by atoms with Crippen LogP contribution in [-0.4, -0.2) is 34.0 Å². The molecule has 8 nitrogen and oxygen atoms in total. The van der Waals surface area contributed by atoms with Crippen molar-refractivity contribution >= 4 is 17.7 Å². The van der Waals surface area contributed by atoms with Crippen molar-refractivity contribution in [3.05, 3.63) is 77.5 Å². The molecule has 37 heavy (non-hydrogen) atoms. The molecule has 1 unspecified atom stereocenters. The first-order valence-electron chi connectivity index (χ1n) is 13.0. The van der Waals surface area contributed by atoms with Crippen molar-refractivity contribution in [2.75, 3.05) is 0 Å². The fraction of sp³-hybridized carbons (Fsp3) is 0.379. The monoisotopic (exact) mass is 501 g/mol. The molecule has 0 radical (unpaired) electrons. The van der Waals surface area contributed by atoms with Crippen molar-refractivity contribution < 1.29 is 14.4 Å². The number of nitrogens with two attached hydrogens (primary N) is 1. The van der Waals surface area contributed by atoms with Gasteiger partial charge < -0.3 is 16.4 Å². The van der Waals surface area contributed by atoms with Crippen molar-refractivity contribution in [1.82, 2.24) is 20.8 Å². The second-order valence-electron chi connectivity index (χ2n) is 9.86. The Bertz CT molecular complexity index is 1200. The predicted molar refractivity (Wildman–Crippen MR) is 143 cm³/mol. The van der Waals surface area contributed by atoms with Gasteiger partial charge in [-0.2, -0.15) is 5.10 Å². The zero-order valence-corrected chi connectivity index (χ0v) is 21.2. The number of benzene rings is 2. The van der Waals surface area contributed by atoms with Gasteiger partial charge in [-0.25, -0.2) is 0 Å². The highest BCUT2D eigenvalue weighted by molar-refractivity contribution is 5.97. The quantitative estimate of drug-likeness (QED) is 0.326. The number of nitrogens with one attached hydrogen (secondary N) is 3. The molecule has 2 atom stereocenters. The van der Waals surface area contributed by atoms with Crippen molar-refractivity contribution in [2.45, 2.75) is 64.0 Å². The summed E-state index contributed by atoms with van der Waals surface area (Å²) in [5.41, 5.74) is 8.84. The van der Waals surface area contributed by atoms with Crippen LogP contribution in [0.25, 0.3) is 11.3 Å². The van der Waals surface area contributed by atoms with Crippen molar-refractivity contribution in [2.24, 2.45) is 11.7 Å². The Morgan fingerprint density at radius 1 is 0.973 bits per heavy atom. The molecule has 2 aromatic carbocycles. The van der Waals surface area contributed by atoms with E-state index in [9.17, 15) is 14.4 Å². The molecule has 0 bridgehead atoms. The Kier molecular flexibility index (Phi) is 8.72. The van der Waals surface area contributed by atoms with Crippen LogP contribution < -0.4 is 16.4 Å². The Morgan fingerprint density at radius 3 is 2.35 bits per heavy atom. The molecular weight excluding hydrogens is 466 g/mol. The van der Waals surface area contributed by atoms with Gasteiger partial charge in [0, 0.05) is 11.1 Å². The second-order valence-corrected chi connectivity index (χ2v) is 9.86. The minimum absolute atomic E-state index is 0.272. The molecule has 0 aliphatic heterocycles. The molecule has 5 N–H and O–H groups in total. The van der Waals surface area contributed by atoms with Gasteiger partial charge in [0.2, 0.25) is 5.91 Å². The van der Waals surface area contributed by atoms with E-state index in [4.69, 9.17) is 5.73 Å². The summed E-state index contributed by atoms with van der Waals surface area (Å²) >= 11 is 0. The number of aromatic nitrogens is 2. The molecule has 1 fully saturated rings. The minimum Gasteiger partial charge on any atom is -0.368 e. The zero-order chi connectivity index (χ0) is 26.2. The topological polar surface area (TPSA) is 130 Å². The summed E-state index contributed by atoms with van der Waals surface area (Å²) in [6.07, 6.45) is 7.58. The minimum atomic E-state index is -0.678. The van der Waals surface area contributed by atoms with Crippen LogP contribution in [0.5, 0.6) is 0 Å². The maximum Gasteiger partial charge on any atom is 0.269 e. The summed E-state index contributed by atoms with van der Waals surface area (Å²) in [6, 6.07) is 17.3. The van der Waals surface area contributed by atoms with Crippen LogP contribution >= 0.6 is 0 Å². The first-order valence-corrected chi connectivity index (χ1v) is 13.0. The average molecular weight is 502 g/mol. The number of aromatic amines is 1. The smallest absolute Gasteiger partial charge is 0.269 e. The van der Waals surface area contributed by atoms with Gasteiger partial charge in [-0.1, -0.05) is 74.6 Å². The van der Waals surface area contributed by atoms with E-state index in [-0.39, 0.29) is 17.9 Å². The average Bonchev–Trinajstić information content (AvgIpc) is 3.42. The maximum atomic E-state index is 12.8. The van der Waals surface area contributed by atoms with Crippen molar-refractivity contribution in [1.29, 1.82) is 0 Å². The van der Waals surface area contributed by atoms with Crippen LogP contribution in [0.15, 0.2) is 60.7 Å². The van der Waals surface area contributed by atoms with E-state index in [2.05, 4.69) is 20.8 Å². The molecule has 1 saturated carbocycles. The lowest BCUT2D eigenvalue weighted by molar-refractivity contribution is -0.120. The second kappa shape index (κ2) is 12.3. The number of primary amides is 1. The van der Waals surface area contributed by atoms with Gasteiger partial charge in [0.25, 0.3) is 11.8 Å². The van der Waals surface area contributed by atoms with E-state index in [0.717, 1.165) is 17.5 Å². The number of H-pyrrole nitrogens is 1. The normalized spacial score (nSPS) is 15.5. The Balaban J connectivity index is 1.31. The summed E-state index contributed by atoms with van der Waals surface area (Å²) in [4.78, 5) is 37.4. The first kappa shape index (κ1) is 26.1. The number of hydrogen-bond donors (Lipinski definition) is 4. The summed E-state index contributed by atoms with van der Waals surface area (Å²) in [7, 11) is 0. The number of hydrogen-bond acceptors (Lipinski definition) is 4. The Hall–Kier alpha value is -3.94. The molecule has 3 amide bonds. The lowest BCUT2D eigenvalue weighted by Crippen LogP contribution is -2.44. The molecular formula is C29H35N5O3. The lowest BCUT2D eigenvalue weighted by Gasteiger charge is -2.23. The molecule has 3 aromatic rings. The van der Waals surface area contributed by atoms with E-state index in [1.54, 1.807) is 30.3 Å². The SMILES string of the molecule is CC(NC(=O)c1cc(-c2ccccc2)n[nH]1)c1ccc(C(=O)N[C@@H](CCC2CCCCC2)C(N)=O)cc1. The van der Waals surface area contributed by atoms with Crippen LogP contribution in [-0.2, 0) is 4.79 Å². The third-order valence-corrected chi connectivity index (χ3v) is 7.15. The number of carbonyl (C=O) groups excluding carboxylic acids is 3. The van der Waals surface area contributed by atoms with E-state index >= 15 is 0 Å². The third-order valence-electron chi connectivity index (χ3n) is 7.15. The molecule has 0 saturated heterocycles. The lowest BCUT2D eigenvalue weighted by atomic mass is 9.85. The van der Waals surface area contributed by atoms with Gasteiger partial charge >= 0.3 is 0 Å². The van der Waals surface area contributed by atoms with E-state index < -0.39 is 11.9 Å². The van der Waals surface area contributed by atoms with E-state index in [1.165, 1.54) is 32.1 Å². The Morgan fingerprint density at radius 2 is 1.68 bits per heavy atom. The molecule has 1 heterocycles. The zero-order valence-electron chi connectivity index (χ0n) is 21.2. The van der Waals surface area contributed by atoms with Crippen LogP contribution in [0, 0.1) is 5.92 Å². The highest BCUT2D eigenvalue weighted by Crippen LogP contribution is 2.27. The van der Waals surface area contributed by atoms with E-state index in [0.29, 0.717) is 29.3 Å². The van der Waals surface area contributed by atoms with Gasteiger partial charge in [0.1, 0.15) is 11.7 Å². The van der Waals surface area contributed by atoms with Crippen molar-refractivity contribution in [3.8, 4) is 11.3 Å². The Labute approximate surface area is 217 Å². The largest absolute Gasteiger partial charge is 0.368 e. The maximum absolute atomic E-state index is 12.8. The van der Waals surface area contributed by atoms with Gasteiger partial charge in [-0.05, 0) is 49.4 Å². The summed E-state index contributed by atoms with van der Waals surface area (Å²) < 4.78 is 0. The molecule has 1 aliphatic rings. The van der Waals surface area contributed by atoms with Gasteiger partial charge in [-0.3, -0.25) is 19.5 Å². The predicted octanol–water partition coefficient (Wildman–Crippen LogP) is 4.51. The first-order chi connectivity index (χ1) is 17.9. The molecule has 194 valence electrons. The van der Waals surface area contributed by atoms with Crippen LogP contribution in [0.4, 0.5) is 0 Å². The third kappa shape index (κ3) is 7.06. The number of amides is 3. The fourth-order valence-electron chi connectivity index (χ4n) is 4.88. The van der Waals surface area contributed by atoms with Gasteiger partial charge in [-0.15, -0.1) is 0 Å². The standard InChI is InChI=1S/C29H35N5O3/c1-19(31-29(37)26-18-25(33-34-26)22-10-6-3-7-11-22)21-13-15-23(16-14-21)28(36)32-24(27(30)35)17-12-20-8-4-2-5-9-20/h3,6-7,10-11,13-16,18-20,24H,2,4-5,8-9,12,17H2,1H3,(H2,30,35)(H,31,37)(H,32,36)(H,33,34)/t19?,24-/m0/s1. The summed E-state index contributed by atoms with van der Waals surface area (Å²) in [5.74, 6) is -0.505. The molecule has 4 rings (SSSR count). The summed E-state index contributed by atoms with van der Waals surface area (Å²) in [5, 5.41) is 12.8. The molecule has 8 heteroatoms. The molecule has 1 aliphatic carbocycles. The van der Waals surface area contributed by atoms with Crippen molar-refractivity contribution in [3.63, 3.8) is 0 Å². The van der Waals surface area contributed by atoms with E-state index in [1.807, 2.05) is 37.3 Å². The summed E-state index contributed by atoms with van der Waals surface area (Å²) in [6.45, 7) is 1.87. The van der Waals surface area contributed by atoms with Gasteiger partial charge in [0.05, 0.1) is 11.7 Å². The number of rotatable bonds is 10. The van der Waals surface area contributed by atoms with Crippen LogP contribution in [0.1, 0.15) is 84.3 Å². The molecule has 1 aromatic heterocycles. The molecule has 0 spiro atoms. The van der Waals surface area contributed by atoms with Crippen LogP contribution in [0.3, 0.4) is 0 Å². The number of nitrogens with zero attached hydrogens (tertiary/aromatic N) is 1. The van der Waals surface area contributed by atoms with Crippen LogP contribution in [0.2, 0.25) is 0 Å². The number of carbonyl (C=O) groups is 3. The fourth-order valence-corrected chi connectivity index (χ4v) is 4.88. The highest BCUT2D eigenvalue weighted by Gasteiger charge is 2.22. The highest BCUT2D eigenvalue weighted by atomic mass is 16.2.